The van der Waals surface area contributed by atoms with Crippen LogP contribution in [0.3, 0.4) is 0 Å². The number of hydrogen-bond donors (Lipinski definition) is 4. The zero-order valence-corrected chi connectivity index (χ0v) is 10.8. The van der Waals surface area contributed by atoms with Gasteiger partial charge in [0, 0.05) is 6.04 Å². The van der Waals surface area contributed by atoms with Gasteiger partial charge in [0.2, 0.25) is 5.91 Å². The topological polar surface area (TPSA) is 98.7 Å². The van der Waals surface area contributed by atoms with Gasteiger partial charge >= 0.3 is 5.97 Å². The second kappa shape index (κ2) is 6.16. The Morgan fingerprint density at radius 1 is 1.47 bits per heavy atom. The molecule has 1 saturated carbocycles. The summed E-state index contributed by atoms with van der Waals surface area (Å²) >= 11 is 0. The van der Waals surface area contributed by atoms with Gasteiger partial charge < -0.3 is 20.8 Å². The molecular weight excluding hydrogens is 248 g/mol. The number of carboxylic acids is 1. The fraction of sp³-hybridized carbons (Fsp3) is 0.692. The quantitative estimate of drug-likeness (QED) is 0.522. The van der Waals surface area contributed by atoms with Gasteiger partial charge in [-0.2, -0.15) is 0 Å². The van der Waals surface area contributed by atoms with Gasteiger partial charge in [-0.3, -0.25) is 9.59 Å². The molecule has 0 bridgehead atoms. The molecule has 2 aliphatic rings. The third-order valence-electron chi connectivity index (χ3n) is 3.67. The Balaban J connectivity index is 1.99. The van der Waals surface area contributed by atoms with E-state index in [-0.39, 0.29) is 18.5 Å². The first kappa shape index (κ1) is 14.0. The first-order chi connectivity index (χ1) is 9.06. The molecule has 106 valence electrons. The van der Waals surface area contributed by atoms with Gasteiger partial charge in [-0.15, -0.1) is 0 Å². The molecule has 0 radical (unpaired) electrons. The zero-order valence-electron chi connectivity index (χ0n) is 10.8. The zero-order chi connectivity index (χ0) is 13.8. The van der Waals surface area contributed by atoms with Crippen molar-refractivity contribution in [3.63, 3.8) is 0 Å². The van der Waals surface area contributed by atoms with Crippen molar-refractivity contribution in [1.29, 1.82) is 0 Å². The van der Waals surface area contributed by atoms with Gasteiger partial charge in [0.1, 0.15) is 6.54 Å². The van der Waals surface area contributed by atoms with Gasteiger partial charge in [-0.05, 0) is 32.2 Å². The van der Waals surface area contributed by atoms with Crippen LogP contribution in [0.25, 0.3) is 0 Å². The number of aliphatic hydroxyl groups excluding tert-OH is 1. The number of amides is 1. The monoisotopic (exact) mass is 268 g/mol. The largest absolute Gasteiger partial charge is 0.480 e. The summed E-state index contributed by atoms with van der Waals surface area (Å²) in [7, 11) is 0. The molecule has 3 atom stereocenters. The molecule has 0 aromatic carbocycles. The van der Waals surface area contributed by atoms with Crippen molar-refractivity contribution in [2.45, 2.75) is 37.8 Å². The Bertz CT molecular complexity index is 388. The number of carbonyl (C=O) groups is 2. The van der Waals surface area contributed by atoms with E-state index in [9.17, 15) is 14.7 Å². The van der Waals surface area contributed by atoms with Crippen molar-refractivity contribution in [1.82, 2.24) is 10.6 Å². The highest BCUT2D eigenvalue weighted by Crippen LogP contribution is 2.32. The van der Waals surface area contributed by atoms with Crippen LogP contribution in [0.15, 0.2) is 11.6 Å². The fourth-order valence-electron chi connectivity index (χ4n) is 2.78. The number of aliphatic hydroxyl groups is 1. The molecule has 1 saturated heterocycles. The van der Waals surface area contributed by atoms with Crippen molar-refractivity contribution >= 4 is 11.9 Å². The fourth-order valence-corrected chi connectivity index (χ4v) is 2.78. The van der Waals surface area contributed by atoms with E-state index in [1.165, 1.54) is 0 Å². The van der Waals surface area contributed by atoms with Crippen LogP contribution < -0.4 is 10.6 Å². The molecule has 6 heteroatoms. The third-order valence-corrected chi connectivity index (χ3v) is 3.67. The maximum absolute atomic E-state index is 11.9. The highest BCUT2D eigenvalue weighted by atomic mass is 16.4. The standard InChI is InChI=1S/C13H20N2O4/c16-10-5-8(4-9-2-1-3-14-9)11(6-10)13(19)15-7-12(17)18/h4,9-11,14,16H,1-3,5-7H2,(H,15,19)(H,17,18)/t9-,10-,11+/m0/s1. The van der Waals surface area contributed by atoms with E-state index in [4.69, 9.17) is 5.11 Å². The number of rotatable bonds is 4. The normalized spacial score (nSPS) is 32.7. The molecule has 2 rings (SSSR count). The van der Waals surface area contributed by atoms with Crippen molar-refractivity contribution in [2.24, 2.45) is 5.92 Å². The molecule has 0 aromatic rings. The van der Waals surface area contributed by atoms with E-state index >= 15 is 0 Å². The third kappa shape index (κ3) is 3.78. The Labute approximate surface area is 111 Å². The van der Waals surface area contributed by atoms with Gasteiger partial charge in [-0.25, -0.2) is 0 Å². The summed E-state index contributed by atoms with van der Waals surface area (Å²) in [5.74, 6) is -1.75. The molecule has 19 heavy (non-hydrogen) atoms. The first-order valence-electron chi connectivity index (χ1n) is 6.68. The summed E-state index contributed by atoms with van der Waals surface area (Å²) < 4.78 is 0. The van der Waals surface area contributed by atoms with E-state index in [1.54, 1.807) is 0 Å². The number of aliphatic carboxylic acids is 1. The maximum atomic E-state index is 11.9. The van der Waals surface area contributed by atoms with Gasteiger partial charge in [0.15, 0.2) is 0 Å². The maximum Gasteiger partial charge on any atom is 0.322 e. The van der Waals surface area contributed by atoms with Gasteiger partial charge in [0.25, 0.3) is 0 Å². The Morgan fingerprint density at radius 2 is 2.26 bits per heavy atom. The van der Waals surface area contributed by atoms with Crippen LogP contribution in [0, 0.1) is 5.92 Å². The lowest BCUT2D eigenvalue weighted by molar-refractivity contribution is -0.138. The highest BCUT2D eigenvalue weighted by Gasteiger charge is 2.34. The Hall–Kier alpha value is -1.40. The van der Waals surface area contributed by atoms with E-state index in [0.717, 1.165) is 25.0 Å². The lowest BCUT2D eigenvalue weighted by Gasteiger charge is -2.13. The van der Waals surface area contributed by atoms with E-state index in [1.807, 2.05) is 6.08 Å². The molecule has 0 unspecified atom stereocenters. The predicted molar refractivity (Wildman–Crippen MR) is 68.5 cm³/mol. The molecule has 0 aromatic heterocycles. The molecule has 1 aliphatic heterocycles. The summed E-state index contributed by atoms with van der Waals surface area (Å²) in [6.07, 6.45) is 4.57. The average Bonchev–Trinajstić information content (AvgIpc) is 2.96. The lowest BCUT2D eigenvalue weighted by atomic mass is 9.99. The smallest absolute Gasteiger partial charge is 0.322 e. The number of carbonyl (C=O) groups excluding carboxylic acids is 1. The summed E-state index contributed by atoms with van der Waals surface area (Å²) in [5, 5.41) is 24.0. The minimum Gasteiger partial charge on any atom is -0.480 e. The van der Waals surface area contributed by atoms with Crippen LogP contribution in [0.1, 0.15) is 25.7 Å². The minimum absolute atomic E-state index is 0.273. The summed E-state index contributed by atoms with van der Waals surface area (Å²) in [5.41, 5.74) is 0.926. The van der Waals surface area contributed by atoms with Crippen LogP contribution in [0.4, 0.5) is 0 Å². The number of hydrogen-bond acceptors (Lipinski definition) is 4. The first-order valence-corrected chi connectivity index (χ1v) is 6.68. The summed E-state index contributed by atoms with van der Waals surface area (Å²) in [6.45, 7) is 0.604. The van der Waals surface area contributed by atoms with Gasteiger partial charge in [-0.1, -0.05) is 11.6 Å². The molecule has 1 aliphatic carbocycles. The van der Waals surface area contributed by atoms with Crippen molar-refractivity contribution in [2.75, 3.05) is 13.1 Å². The lowest BCUT2D eigenvalue weighted by Crippen LogP contribution is -2.34. The molecule has 1 heterocycles. The minimum atomic E-state index is -1.06. The second-order valence-corrected chi connectivity index (χ2v) is 5.20. The molecular formula is C13H20N2O4. The van der Waals surface area contributed by atoms with Crippen LogP contribution >= 0.6 is 0 Å². The predicted octanol–water partition coefficient (Wildman–Crippen LogP) is -0.364. The van der Waals surface area contributed by atoms with Crippen LogP contribution in [-0.4, -0.2) is 47.3 Å². The molecule has 0 spiro atoms. The Morgan fingerprint density at radius 3 is 2.89 bits per heavy atom. The van der Waals surface area contributed by atoms with Crippen LogP contribution in [-0.2, 0) is 9.59 Å². The summed E-state index contributed by atoms with van der Waals surface area (Å²) in [6, 6.07) is 0.273. The van der Waals surface area contributed by atoms with Crippen molar-refractivity contribution in [3.8, 4) is 0 Å². The SMILES string of the molecule is O=C(O)CNC(=O)[C@@H]1C[C@@H](O)CC1=C[C@@H]1CCCN1. The van der Waals surface area contributed by atoms with E-state index < -0.39 is 18.0 Å². The molecule has 1 amide bonds. The van der Waals surface area contributed by atoms with Crippen LogP contribution in [0.5, 0.6) is 0 Å². The van der Waals surface area contributed by atoms with Gasteiger partial charge in [0.05, 0.1) is 12.0 Å². The summed E-state index contributed by atoms with van der Waals surface area (Å²) in [4.78, 5) is 22.4. The van der Waals surface area contributed by atoms with Crippen molar-refractivity contribution < 1.29 is 19.8 Å². The van der Waals surface area contributed by atoms with Crippen molar-refractivity contribution in [3.05, 3.63) is 11.6 Å². The number of nitrogens with one attached hydrogen (secondary N) is 2. The average molecular weight is 268 g/mol. The molecule has 2 fully saturated rings. The second-order valence-electron chi connectivity index (χ2n) is 5.20. The van der Waals surface area contributed by atoms with E-state index in [0.29, 0.717) is 12.8 Å². The Kier molecular flexibility index (Phi) is 4.55. The molecule has 4 N–H and O–H groups in total. The molecule has 6 nitrogen and oxygen atoms in total. The van der Waals surface area contributed by atoms with Crippen LogP contribution in [0.2, 0.25) is 0 Å². The van der Waals surface area contributed by atoms with E-state index in [2.05, 4.69) is 10.6 Å². The highest BCUT2D eigenvalue weighted by molar-refractivity contribution is 5.85. The number of carboxylic acid groups (broad SMARTS) is 1.